The molecule has 1 aliphatic rings. The lowest BCUT2D eigenvalue weighted by molar-refractivity contribution is 0.0532. The van der Waals surface area contributed by atoms with Gasteiger partial charge in [0.2, 0.25) is 0 Å². The number of hydrogen-bond donors (Lipinski definition) is 0. The van der Waals surface area contributed by atoms with Crippen molar-refractivity contribution in [3.05, 3.63) is 33.5 Å². The van der Waals surface area contributed by atoms with Gasteiger partial charge in [0.25, 0.3) is 0 Å². The van der Waals surface area contributed by atoms with Gasteiger partial charge in [-0.1, -0.05) is 6.07 Å². The largest absolute Gasteiger partial charge is 0.457 e. The molecule has 0 atom stereocenters. The van der Waals surface area contributed by atoms with E-state index in [0.717, 1.165) is 0 Å². The number of esters is 1. The Bertz CT molecular complexity index is 362. The number of fused-ring (bicyclic) bond motifs is 1. The van der Waals surface area contributed by atoms with Crippen LogP contribution in [0.3, 0.4) is 0 Å². The predicted octanol–water partition coefficient (Wildman–Crippen LogP) is 2.26. The number of carbonyl (C=O) groups excluding carboxylic acids is 1. The Labute approximate surface area is 76.5 Å². The third kappa shape index (κ3) is 0.948. The first-order valence-corrected chi connectivity index (χ1v) is 4.13. The molecule has 0 bridgehead atoms. The second-order valence-corrected chi connectivity index (χ2v) is 3.33. The maximum atomic E-state index is 13.2. The molecule has 12 heavy (non-hydrogen) atoms. The second-order valence-electron chi connectivity index (χ2n) is 2.47. The zero-order chi connectivity index (χ0) is 8.72. The summed E-state index contributed by atoms with van der Waals surface area (Å²) in [6, 6.07) is 3.24. The SMILES string of the molecule is O=C1OCc2ccc(Br)c(F)c21. The molecular weight excluding hydrogens is 227 g/mol. The van der Waals surface area contributed by atoms with E-state index < -0.39 is 11.8 Å². The Morgan fingerprint density at radius 2 is 2.25 bits per heavy atom. The molecule has 62 valence electrons. The van der Waals surface area contributed by atoms with Crippen LogP contribution >= 0.6 is 15.9 Å². The molecule has 4 heteroatoms. The maximum Gasteiger partial charge on any atom is 0.341 e. The average molecular weight is 231 g/mol. The fourth-order valence-corrected chi connectivity index (χ4v) is 1.48. The molecule has 1 aromatic carbocycles. The Hall–Kier alpha value is -0.900. The first kappa shape index (κ1) is 7.73. The van der Waals surface area contributed by atoms with E-state index in [1.807, 2.05) is 0 Å². The number of hydrogen-bond acceptors (Lipinski definition) is 2. The van der Waals surface area contributed by atoms with Crippen molar-refractivity contribution in [2.24, 2.45) is 0 Å². The van der Waals surface area contributed by atoms with E-state index in [2.05, 4.69) is 20.7 Å². The minimum Gasteiger partial charge on any atom is -0.457 e. The summed E-state index contributed by atoms with van der Waals surface area (Å²) >= 11 is 2.99. The fraction of sp³-hybridized carbons (Fsp3) is 0.125. The van der Waals surface area contributed by atoms with Gasteiger partial charge in [-0.3, -0.25) is 0 Å². The Morgan fingerprint density at radius 1 is 1.50 bits per heavy atom. The predicted molar refractivity (Wildman–Crippen MR) is 43.2 cm³/mol. The molecule has 0 saturated heterocycles. The summed E-state index contributed by atoms with van der Waals surface area (Å²) in [5, 5.41) is 0. The molecule has 2 nitrogen and oxygen atoms in total. The number of benzene rings is 1. The number of rotatable bonds is 0. The number of cyclic esters (lactones) is 1. The van der Waals surface area contributed by atoms with Crippen LogP contribution in [0.25, 0.3) is 0 Å². The van der Waals surface area contributed by atoms with Gasteiger partial charge in [0.15, 0.2) is 5.82 Å². The van der Waals surface area contributed by atoms with Crippen LogP contribution in [0.1, 0.15) is 15.9 Å². The van der Waals surface area contributed by atoms with Gasteiger partial charge >= 0.3 is 5.97 Å². The Morgan fingerprint density at radius 3 is 3.00 bits per heavy atom. The van der Waals surface area contributed by atoms with Crippen LogP contribution in [-0.2, 0) is 11.3 Å². The number of carbonyl (C=O) groups is 1. The number of halogens is 2. The van der Waals surface area contributed by atoms with Crippen LogP contribution in [0, 0.1) is 5.82 Å². The van der Waals surface area contributed by atoms with E-state index in [0.29, 0.717) is 10.0 Å². The first-order valence-electron chi connectivity index (χ1n) is 3.34. The highest BCUT2D eigenvalue weighted by atomic mass is 79.9. The minimum absolute atomic E-state index is 0.0596. The average Bonchev–Trinajstić information content (AvgIpc) is 2.41. The summed E-state index contributed by atoms with van der Waals surface area (Å²) in [4.78, 5) is 11.0. The van der Waals surface area contributed by atoms with Gasteiger partial charge in [-0.05, 0) is 22.0 Å². The van der Waals surface area contributed by atoms with Gasteiger partial charge in [-0.25, -0.2) is 9.18 Å². The lowest BCUT2D eigenvalue weighted by atomic mass is 10.1. The Balaban J connectivity index is 2.71. The number of ether oxygens (including phenoxy) is 1. The molecule has 0 N–H and O–H groups in total. The van der Waals surface area contributed by atoms with Gasteiger partial charge in [0.1, 0.15) is 12.2 Å². The van der Waals surface area contributed by atoms with Crippen molar-refractivity contribution in [3.63, 3.8) is 0 Å². The normalized spacial score (nSPS) is 14.3. The smallest absolute Gasteiger partial charge is 0.341 e. The molecular formula is C8H4BrFO2. The third-order valence-electron chi connectivity index (χ3n) is 1.74. The molecule has 0 fully saturated rings. The molecule has 1 aliphatic heterocycles. The molecule has 0 aliphatic carbocycles. The van der Waals surface area contributed by atoms with Crippen molar-refractivity contribution in [3.8, 4) is 0 Å². The van der Waals surface area contributed by atoms with Gasteiger partial charge in [-0.15, -0.1) is 0 Å². The molecule has 0 spiro atoms. The zero-order valence-electron chi connectivity index (χ0n) is 5.93. The molecule has 0 unspecified atom stereocenters. The third-order valence-corrected chi connectivity index (χ3v) is 2.36. The zero-order valence-corrected chi connectivity index (χ0v) is 7.52. The summed E-state index contributed by atoms with van der Waals surface area (Å²) in [6.07, 6.45) is 0. The minimum atomic E-state index is -0.580. The van der Waals surface area contributed by atoms with Gasteiger partial charge in [0, 0.05) is 5.56 Å². The highest BCUT2D eigenvalue weighted by molar-refractivity contribution is 9.10. The summed E-state index contributed by atoms with van der Waals surface area (Å²) in [5.41, 5.74) is 0.671. The van der Waals surface area contributed by atoms with Gasteiger partial charge in [0.05, 0.1) is 4.47 Å². The lowest BCUT2D eigenvalue weighted by Crippen LogP contribution is -1.98. The Kier molecular flexibility index (Phi) is 1.65. The van der Waals surface area contributed by atoms with Crippen molar-refractivity contribution in [1.82, 2.24) is 0 Å². The van der Waals surface area contributed by atoms with Crippen molar-refractivity contribution in [1.29, 1.82) is 0 Å². The highest BCUT2D eigenvalue weighted by Crippen LogP contribution is 2.27. The van der Waals surface area contributed by atoms with Crippen molar-refractivity contribution < 1.29 is 13.9 Å². The molecule has 1 aromatic rings. The van der Waals surface area contributed by atoms with E-state index in [1.54, 1.807) is 12.1 Å². The molecule has 0 saturated carbocycles. The summed E-state index contributed by atoms with van der Waals surface area (Å²) in [6.45, 7) is 0.179. The standard InChI is InChI=1S/C8H4BrFO2/c9-5-2-1-4-3-12-8(11)6(4)7(5)10/h1-2H,3H2. The summed E-state index contributed by atoms with van der Waals surface area (Å²) < 4.78 is 18.2. The molecule has 0 radical (unpaired) electrons. The topological polar surface area (TPSA) is 26.3 Å². The van der Waals surface area contributed by atoms with E-state index in [-0.39, 0.29) is 12.2 Å². The molecule has 2 rings (SSSR count). The van der Waals surface area contributed by atoms with Crippen LogP contribution in [0.5, 0.6) is 0 Å². The van der Waals surface area contributed by atoms with Crippen LogP contribution in [0.4, 0.5) is 4.39 Å². The first-order chi connectivity index (χ1) is 5.70. The van der Waals surface area contributed by atoms with Crippen LogP contribution in [-0.4, -0.2) is 5.97 Å². The van der Waals surface area contributed by atoms with Crippen molar-refractivity contribution >= 4 is 21.9 Å². The van der Waals surface area contributed by atoms with Crippen LogP contribution < -0.4 is 0 Å². The van der Waals surface area contributed by atoms with E-state index in [9.17, 15) is 9.18 Å². The fourth-order valence-electron chi connectivity index (χ4n) is 1.15. The summed E-state index contributed by atoms with van der Waals surface area (Å²) in [5.74, 6) is -1.11. The second kappa shape index (κ2) is 2.55. The van der Waals surface area contributed by atoms with Crippen LogP contribution in [0.15, 0.2) is 16.6 Å². The molecule has 0 amide bonds. The summed E-state index contributed by atoms with van der Waals surface area (Å²) in [7, 11) is 0. The quantitative estimate of drug-likeness (QED) is 0.640. The van der Waals surface area contributed by atoms with E-state index in [1.165, 1.54) is 0 Å². The monoisotopic (exact) mass is 230 g/mol. The molecule has 0 aromatic heterocycles. The van der Waals surface area contributed by atoms with Gasteiger partial charge in [-0.2, -0.15) is 0 Å². The lowest BCUT2D eigenvalue weighted by Gasteiger charge is -1.97. The van der Waals surface area contributed by atoms with Crippen LogP contribution in [0.2, 0.25) is 0 Å². The van der Waals surface area contributed by atoms with E-state index in [4.69, 9.17) is 0 Å². The van der Waals surface area contributed by atoms with Gasteiger partial charge < -0.3 is 4.74 Å². The molecule has 1 heterocycles. The van der Waals surface area contributed by atoms with Crippen molar-refractivity contribution in [2.45, 2.75) is 6.61 Å². The van der Waals surface area contributed by atoms with E-state index >= 15 is 0 Å². The maximum absolute atomic E-state index is 13.2. The van der Waals surface area contributed by atoms with Crippen molar-refractivity contribution in [2.75, 3.05) is 0 Å². The highest BCUT2D eigenvalue weighted by Gasteiger charge is 2.26.